The number of methoxy groups -OCH3 is 1. The van der Waals surface area contributed by atoms with E-state index in [9.17, 15) is 9.59 Å². The zero-order valence-electron chi connectivity index (χ0n) is 19.3. The molecule has 33 heavy (non-hydrogen) atoms. The van der Waals surface area contributed by atoms with Crippen molar-refractivity contribution in [3.05, 3.63) is 63.6 Å². The lowest BCUT2D eigenvalue weighted by molar-refractivity contribution is -0.141. The number of carbonyl (C=O) groups excluding carboxylic acids is 2. The van der Waals surface area contributed by atoms with Crippen LogP contribution in [0, 0.1) is 0 Å². The maximum atomic E-state index is 13.5. The van der Waals surface area contributed by atoms with Crippen LogP contribution in [0.15, 0.2) is 42.5 Å². The van der Waals surface area contributed by atoms with Gasteiger partial charge >= 0.3 is 0 Å². The van der Waals surface area contributed by atoms with Crippen molar-refractivity contribution < 1.29 is 14.3 Å². The summed E-state index contributed by atoms with van der Waals surface area (Å²) in [5.74, 6) is 0.449. The Morgan fingerprint density at radius 1 is 1.06 bits per heavy atom. The number of amides is 2. The molecule has 0 unspecified atom stereocenters. The molecule has 0 spiro atoms. The van der Waals surface area contributed by atoms with Crippen LogP contribution in [0.2, 0.25) is 10.0 Å². The molecule has 1 N–H and O–H groups in total. The Morgan fingerprint density at radius 3 is 2.27 bits per heavy atom. The molecule has 0 aromatic heterocycles. The van der Waals surface area contributed by atoms with Crippen LogP contribution in [-0.2, 0) is 22.6 Å². The van der Waals surface area contributed by atoms with Crippen LogP contribution in [0.5, 0.6) is 5.75 Å². The second-order valence-electron chi connectivity index (χ2n) is 8.51. The van der Waals surface area contributed by atoms with Gasteiger partial charge in [-0.05, 0) is 54.7 Å². The van der Waals surface area contributed by atoms with Crippen molar-refractivity contribution in [3.8, 4) is 5.75 Å². The minimum absolute atomic E-state index is 0.0296. The summed E-state index contributed by atoms with van der Waals surface area (Å²) in [6.45, 7) is 2.24. The smallest absolute Gasteiger partial charge is 0.243 e. The molecule has 0 heterocycles. The molecule has 1 atom stereocenters. The number of nitrogens with zero attached hydrogens (tertiary/aromatic N) is 1. The van der Waals surface area contributed by atoms with Gasteiger partial charge in [0.25, 0.3) is 0 Å². The van der Waals surface area contributed by atoms with Gasteiger partial charge in [-0.25, -0.2) is 0 Å². The first-order valence-electron chi connectivity index (χ1n) is 11.6. The maximum Gasteiger partial charge on any atom is 0.243 e. The Balaban J connectivity index is 1.84. The fraction of sp³-hybridized carbons (Fsp3) is 0.462. The third kappa shape index (κ3) is 6.87. The summed E-state index contributed by atoms with van der Waals surface area (Å²) < 4.78 is 5.24. The number of hydrogen-bond acceptors (Lipinski definition) is 3. The van der Waals surface area contributed by atoms with Crippen molar-refractivity contribution in [2.24, 2.45) is 0 Å². The molecule has 1 fully saturated rings. The van der Waals surface area contributed by atoms with Crippen LogP contribution < -0.4 is 10.1 Å². The fourth-order valence-electron chi connectivity index (χ4n) is 4.35. The lowest BCUT2D eigenvalue weighted by Gasteiger charge is -2.33. The van der Waals surface area contributed by atoms with E-state index in [2.05, 4.69) is 5.32 Å². The Bertz CT molecular complexity index is 923. The Kier molecular flexibility index (Phi) is 9.45. The topological polar surface area (TPSA) is 58.6 Å². The Hall–Kier alpha value is -2.24. The van der Waals surface area contributed by atoms with Crippen molar-refractivity contribution in [2.75, 3.05) is 7.11 Å². The number of carbonyl (C=O) groups is 2. The van der Waals surface area contributed by atoms with Gasteiger partial charge in [-0.15, -0.1) is 0 Å². The van der Waals surface area contributed by atoms with Crippen LogP contribution in [0.4, 0.5) is 0 Å². The van der Waals surface area contributed by atoms with Gasteiger partial charge in [0.05, 0.1) is 13.5 Å². The van der Waals surface area contributed by atoms with Gasteiger partial charge in [0, 0.05) is 22.6 Å². The predicted molar refractivity (Wildman–Crippen MR) is 133 cm³/mol. The number of nitrogens with one attached hydrogen (secondary N) is 1. The summed E-state index contributed by atoms with van der Waals surface area (Å²) in [5, 5.41) is 4.08. The van der Waals surface area contributed by atoms with Crippen LogP contribution >= 0.6 is 23.2 Å². The first-order chi connectivity index (χ1) is 15.9. The van der Waals surface area contributed by atoms with Gasteiger partial charge in [0.1, 0.15) is 11.8 Å². The molecule has 0 radical (unpaired) electrons. The lowest BCUT2D eigenvalue weighted by atomic mass is 9.95. The molecule has 2 aromatic carbocycles. The molecule has 1 aliphatic rings. The maximum absolute atomic E-state index is 13.5. The van der Waals surface area contributed by atoms with E-state index in [1.165, 1.54) is 6.42 Å². The second kappa shape index (κ2) is 12.3. The highest BCUT2D eigenvalue weighted by Gasteiger charge is 2.31. The van der Waals surface area contributed by atoms with Crippen LogP contribution in [0.25, 0.3) is 0 Å². The summed E-state index contributed by atoms with van der Waals surface area (Å²) in [7, 11) is 1.61. The number of benzene rings is 2. The van der Waals surface area contributed by atoms with E-state index in [1.54, 1.807) is 30.2 Å². The van der Waals surface area contributed by atoms with Gasteiger partial charge in [-0.1, -0.05) is 67.6 Å². The summed E-state index contributed by atoms with van der Waals surface area (Å²) in [5.41, 5.74) is 1.49. The van der Waals surface area contributed by atoms with Crippen LogP contribution in [0.3, 0.4) is 0 Å². The molecule has 1 saturated carbocycles. The van der Waals surface area contributed by atoms with E-state index in [4.69, 9.17) is 27.9 Å². The third-order valence-electron chi connectivity index (χ3n) is 6.24. The predicted octanol–water partition coefficient (Wildman–Crippen LogP) is 5.80. The highest BCUT2D eigenvalue weighted by atomic mass is 35.5. The number of rotatable bonds is 9. The normalized spacial score (nSPS) is 15.0. The summed E-state index contributed by atoms with van der Waals surface area (Å²) in [6, 6.07) is 12.3. The summed E-state index contributed by atoms with van der Waals surface area (Å²) in [6.07, 6.45) is 5.99. The van der Waals surface area contributed by atoms with Gasteiger partial charge in [-0.3, -0.25) is 9.59 Å². The highest BCUT2D eigenvalue weighted by Crippen LogP contribution is 2.26. The molecular weight excluding hydrogens is 459 g/mol. The lowest BCUT2D eigenvalue weighted by Crippen LogP contribution is -2.52. The van der Waals surface area contributed by atoms with E-state index in [-0.39, 0.29) is 24.3 Å². The van der Waals surface area contributed by atoms with Crippen molar-refractivity contribution in [3.63, 3.8) is 0 Å². The third-order valence-corrected chi connectivity index (χ3v) is 6.95. The van der Waals surface area contributed by atoms with Crippen molar-refractivity contribution in [1.29, 1.82) is 0 Å². The van der Waals surface area contributed by atoms with E-state index in [0.29, 0.717) is 28.6 Å². The Labute approximate surface area is 206 Å². The highest BCUT2D eigenvalue weighted by molar-refractivity contribution is 6.36. The molecule has 178 valence electrons. The molecular formula is C26H32Cl2N2O3. The minimum Gasteiger partial charge on any atom is -0.497 e. The minimum atomic E-state index is -0.581. The van der Waals surface area contributed by atoms with E-state index >= 15 is 0 Å². The van der Waals surface area contributed by atoms with Gasteiger partial charge in [0.15, 0.2) is 0 Å². The molecule has 2 aromatic rings. The molecule has 0 aliphatic heterocycles. The number of hydrogen-bond donors (Lipinski definition) is 1. The van der Waals surface area contributed by atoms with E-state index in [1.807, 2.05) is 31.2 Å². The summed E-state index contributed by atoms with van der Waals surface area (Å²) in [4.78, 5) is 28.5. The molecule has 0 saturated heterocycles. The van der Waals surface area contributed by atoms with Crippen molar-refractivity contribution in [2.45, 2.75) is 70.5 Å². The molecule has 7 heteroatoms. The molecule has 3 rings (SSSR count). The molecule has 5 nitrogen and oxygen atoms in total. The number of ether oxygens (including phenoxy) is 1. The molecule has 0 bridgehead atoms. The van der Waals surface area contributed by atoms with E-state index in [0.717, 1.165) is 37.0 Å². The molecule has 2 amide bonds. The quantitative estimate of drug-likeness (QED) is 0.482. The van der Waals surface area contributed by atoms with Gasteiger partial charge in [-0.2, -0.15) is 0 Å². The van der Waals surface area contributed by atoms with Crippen LogP contribution in [-0.4, -0.2) is 35.9 Å². The van der Waals surface area contributed by atoms with Gasteiger partial charge in [0.2, 0.25) is 11.8 Å². The van der Waals surface area contributed by atoms with Crippen molar-refractivity contribution in [1.82, 2.24) is 10.2 Å². The van der Waals surface area contributed by atoms with Crippen molar-refractivity contribution >= 4 is 35.0 Å². The summed E-state index contributed by atoms with van der Waals surface area (Å²) >= 11 is 12.7. The zero-order chi connectivity index (χ0) is 23.8. The van der Waals surface area contributed by atoms with Gasteiger partial charge < -0.3 is 15.0 Å². The standard InChI is InChI=1S/C26H32Cl2N2O3/c1-3-24(26(32)29-19-8-5-4-6-9-19)30(17-18-12-14-20(33-2)15-13-18)25(31)16-21-22(27)10-7-11-23(21)28/h7,10-15,19,24H,3-6,8-9,16-17H2,1-2H3,(H,29,32)/t24-/m1/s1. The number of halogens is 2. The average molecular weight is 491 g/mol. The van der Waals surface area contributed by atoms with E-state index < -0.39 is 6.04 Å². The Morgan fingerprint density at radius 2 is 1.70 bits per heavy atom. The first-order valence-corrected chi connectivity index (χ1v) is 12.3. The average Bonchev–Trinajstić information content (AvgIpc) is 2.82. The first kappa shape index (κ1) is 25.4. The largest absolute Gasteiger partial charge is 0.497 e. The monoisotopic (exact) mass is 490 g/mol. The second-order valence-corrected chi connectivity index (χ2v) is 9.33. The zero-order valence-corrected chi connectivity index (χ0v) is 20.8. The molecule has 1 aliphatic carbocycles. The SMILES string of the molecule is CC[C@H](C(=O)NC1CCCCC1)N(Cc1ccc(OC)cc1)C(=O)Cc1c(Cl)cccc1Cl. The van der Waals surface area contributed by atoms with Crippen LogP contribution in [0.1, 0.15) is 56.6 Å². The fourth-order valence-corrected chi connectivity index (χ4v) is 4.88.